The minimum atomic E-state index is -1.87. The predicted octanol–water partition coefficient (Wildman–Crippen LogP) is -0.674. The number of aryl methyl sites for hydroxylation is 2. The van der Waals surface area contributed by atoms with Gasteiger partial charge in [0.25, 0.3) is 11.8 Å². The molecule has 21 heteroatoms. The summed E-state index contributed by atoms with van der Waals surface area (Å²) < 4.78 is 2.85. The molecule has 18 nitrogen and oxygen atoms in total. The molecule has 1 unspecified atom stereocenters. The van der Waals surface area contributed by atoms with Crippen LogP contribution in [0.15, 0.2) is 16.2 Å². The molecule has 1 fully saturated rings. The average Bonchev–Trinajstić information content (AvgIpc) is 3.56. The predicted molar refractivity (Wildman–Crippen MR) is 165 cm³/mol. The zero-order valence-electron chi connectivity index (χ0n) is 23.7. The second kappa shape index (κ2) is 11.6. The van der Waals surface area contributed by atoms with Crippen molar-refractivity contribution in [3.8, 4) is 0 Å². The molecule has 3 atom stereocenters. The van der Waals surface area contributed by atoms with Crippen molar-refractivity contribution in [3.05, 3.63) is 33.6 Å². The Kier molecular flexibility index (Phi) is 8.10. The second-order valence-corrected chi connectivity index (χ2v) is 12.0. The number of aliphatic carboxylic acids is 2. The van der Waals surface area contributed by atoms with E-state index in [1.54, 1.807) is 20.9 Å². The van der Waals surface area contributed by atoms with Gasteiger partial charge in [-0.3, -0.25) is 24.5 Å². The van der Waals surface area contributed by atoms with Crippen LogP contribution in [0, 0.1) is 12.3 Å². The highest BCUT2D eigenvalue weighted by molar-refractivity contribution is 8.00. The Morgan fingerprint density at radius 1 is 1.36 bits per heavy atom. The molecule has 0 saturated carbocycles. The molecule has 3 aromatic heterocycles. The summed E-state index contributed by atoms with van der Waals surface area (Å²) in [5, 5.41) is 40.0. The molecular formula is C24H25N11O7S3. The first-order chi connectivity index (χ1) is 21.3. The number of thioether (sulfide) groups is 1. The fourth-order valence-corrected chi connectivity index (χ4v) is 7.18. The SMILES string of the molecule is CC[C@@H](O/N=C(\C(=O)NC1(C=S)C(=O)N2C(C(=O)O)=C(c3nc(=N)c(C)c4n(C)c(N)nn34)CS[C@H]21)c1csc(N)n1)C(=O)O. The van der Waals surface area contributed by atoms with Crippen LogP contribution in [0.3, 0.4) is 0 Å². The van der Waals surface area contributed by atoms with Gasteiger partial charge in [-0.1, -0.05) is 24.3 Å². The standard InChI is InChI=1S/C24H25N11O7S3/c1-4-11(18(37)38)42-32-12(10-6-45-23(27)28-10)16(36)30-24(7-43)20(41)34-13(19(39)40)9(5-44-21(24)34)15-29-14(25)8(2)17-33(3)22(26)31-35(15)17/h6-7,11,21,25H,4-5H2,1-3H3,(H2,26,31)(H2,27,28)(H,30,36)(H,37,38)(H,39,40)/b25-14?,32-12-/t11-,21+,24?/m1/s1. The van der Waals surface area contributed by atoms with Crippen LogP contribution in [-0.2, 0) is 31.1 Å². The van der Waals surface area contributed by atoms with Crippen molar-refractivity contribution in [1.82, 2.24) is 34.4 Å². The van der Waals surface area contributed by atoms with Gasteiger partial charge in [-0.05, 0) is 13.3 Å². The number of nitrogens with zero attached hydrogens (tertiary/aromatic N) is 7. The van der Waals surface area contributed by atoms with E-state index in [4.69, 9.17) is 33.9 Å². The van der Waals surface area contributed by atoms with Crippen LogP contribution in [0.5, 0.6) is 0 Å². The molecule has 2 amide bonds. The summed E-state index contributed by atoms with van der Waals surface area (Å²) in [4.78, 5) is 65.9. The number of amides is 2. The number of thiazole rings is 1. The molecule has 236 valence electrons. The van der Waals surface area contributed by atoms with E-state index in [-0.39, 0.29) is 45.8 Å². The number of carbonyl (C=O) groups is 4. The number of carboxylic acids is 2. The van der Waals surface area contributed by atoms with Crippen LogP contribution < -0.4 is 22.3 Å². The van der Waals surface area contributed by atoms with Crippen LogP contribution in [-0.4, -0.2) is 96.9 Å². The van der Waals surface area contributed by atoms with E-state index in [1.165, 1.54) is 14.5 Å². The molecule has 2 aliphatic heterocycles. The van der Waals surface area contributed by atoms with Crippen molar-refractivity contribution >= 4 is 92.4 Å². The quantitative estimate of drug-likeness (QED) is 0.0673. The summed E-state index contributed by atoms with van der Waals surface area (Å²) in [7, 11) is 1.63. The number of carboxylic acid groups (broad SMARTS) is 2. The minimum Gasteiger partial charge on any atom is -0.478 e. The van der Waals surface area contributed by atoms with Gasteiger partial charge in [0.1, 0.15) is 22.4 Å². The number of fused-ring (bicyclic) bond motifs is 2. The number of nitrogen functional groups attached to an aromatic ring is 2. The van der Waals surface area contributed by atoms with E-state index < -0.39 is 52.2 Å². The van der Waals surface area contributed by atoms with Crippen molar-refractivity contribution < 1.29 is 34.2 Å². The van der Waals surface area contributed by atoms with Crippen molar-refractivity contribution in [1.29, 1.82) is 5.41 Å². The van der Waals surface area contributed by atoms with Gasteiger partial charge in [-0.2, -0.15) is 4.52 Å². The van der Waals surface area contributed by atoms with Gasteiger partial charge in [-0.25, -0.2) is 19.6 Å². The van der Waals surface area contributed by atoms with Crippen LogP contribution in [0.4, 0.5) is 11.1 Å². The van der Waals surface area contributed by atoms with Gasteiger partial charge in [0, 0.05) is 34.7 Å². The normalized spacial score (nSPS) is 20.4. The van der Waals surface area contributed by atoms with E-state index in [0.717, 1.165) is 33.4 Å². The smallest absolute Gasteiger partial charge is 0.353 e. The Morgan fingerprint density at radius 2 is 2.07 bits per heavy atom. The summed E-state index contributed by atoms with van der Waals surface area (Å²) in [6.07, 6.45) is -1.35. The van der Waals surface area contributed by atoms with E-state index in [1.807, 2.05) is 0 Å². The van der Waals surface area contributed by atoms with Gasteiger partial charge >= 0.3 is 11.9 Å². The Balaban J connectivity index is 1.54. The molecule has 0 spiro atoms. The molecule has 0 radical (unpaired) electrons. The van der Waals surface area contributed by atoms with Gasteiger partial charge in [0.15, 0.2) is 27.7 Å². The summed E-state index contributed by atoms with van der Waals surface area (Å²) in [6, 6.07) is 0. The van der Waals surface area contributed by atoms with Crippen LogP contribution >= 0.6 is 35.3 Å². The highest BCUT2D eigenvalue weighted by atomic mass is 32.2. The number of rotatable bonds is 10. The molecule has 8 N–H and O–H groups in total. The summed E-state index contributed by atoms with van der Waals surface area (Å²) in [5.41, 5.74) is 9.70. The minimum absolute atomic E-state index is 0.00420. The molecule has 0 bridgehead atoms. The number of hydrogen-bond donors (Lipinski definition) is 6. The van der Waals surface area contributed by atoms with E-state index in [0.29, 0.717) is 11.2 Å². The monoisotopic (exact) mass is 675 g/mol. The first-order valence-corrected chi connectivity index (χ1v) is 15.3. The molecule has 0 aliphatic carbocycles. The van der Waals surface area contributed by atoms with Gasteiger partial charge in [0.2, 0.25) is 12.1 Å². The maximum absolute atomic E-state index is 13.8. The molecule has 0 aromatic carbocycles. The van der Waals surface area contributed by atoms with Crippen molar-refractivity contribution in [2.75, 3.05) is 17.2 Å². The fourth-order valence-electron chi connectivity index (χ4n) is 4.83. The first-order valence-electron chi connectivity index (χ1n) is 12.9. The number of nitrogens with one attached hydrogen (secondary N) is 2. The summed E-state index contributed by atoms with van der Waals surface area (Å²) in [5.74, 6) is -4.59. The number of anilines is 2. The summed E-state index contributed by atoms with van der Waals surface area (Å²) in [6.45, 7) is 3.19. The maximum Gasteiger partial charge on any atom is 0.353 e. The average molecular weight is 676 g/mol. The number of carbonyl (C=O) groups excluding carboxylic acids is 2. The number of hydrogen-bond acceptors (Lipinski definition) is 15. The van der Waals surface area contributed by atoms with Gasteiger partial charge in [0.05, 0.1) is 0 Å². The van der Waals surface area contributed by atoms with Crippen molar-refractivity contribution in [3.63, 3.8) is 0 Å². The zero-order chi connectivity index (χ0) is 33.0. The molecule has 1 saturated heterocycles. The molecule has 3 aromatic rings. The number of aromatic nitrogens is 5. The fraction of sp³-hybridized carbons (Fsp3) is 0.333. The van der Waals surface area contributed by atoms with E-state index >= 15 is 0 Å². The van der Waals surface area contributed by atoms with Gasteiger partial charge < -0.3 is 31.8 Å². The largest absolute Gasteiger partial charge is 0.478 e. The lowest BCUT2D eigenvalue weighted by Gasteiger charge is -2.55. The highest BCUT2D eigenvalue weighted by Gasteiger charge is 2.65. The Labute approximate surface area is 266 Å². The topological polar surface area (TPSA) is 270 Å². The Hall–Kier alpha value is -4.89. The molecule has 5 heterocycles. The second-order valence-electron chi connectivity index (χ2n) is 9.82. The maximum atomic E-state index is 13.8. The number of β-lactam (4-membered cyclic amide) rings is 1. The van der Waals surface area contributed by atoms with Crippen LogP contribution in [0.25, 0.3) is 11.2 Å². The number of oxime groups is 1. The number of nitrogens with two attached hydrogens (primary N) is 2. The van der Waals surface area contributed by atoms with Crippen LogP contribution in [0.2, 0.25) is 0 Å². The lowest BCUT2D eigenvalue weighted by molar-refractivity contribution is -0.153. The first kappa shape index (κ1) is 31.5. The van der Waals surface area contributed by atoms with E-state index in [2.05, 4.69) is 25.5 Å². The molecule has 45 heavy (non-hydrogen) atoms. The lowest BCUT2D eigenvalue weighted by atomic mass is 9.87. The molecule has 5 rings (SSSR count). The third kappa shape index (κ3) is 4.97. The van der Waals surface area contributed by atoms with Crippen LogP contribution in [0.1, 0.15) is 30.4 Å². The van der Waals surface area contributed by atoms with Crippen molar-refractivity contribution in [2.24, 2.45) is 12.2 Å². The zero-order valence-corrected chi connectivity index (χ0v) is 26.1. The van der Waals surface area contributed by atoms with Gasteiger partial charge in [-0.15, -0.1) is 28.2 Å². The Bertz CT molecular complexity index is 1930. The third-order valence-electron chi connectivity index (χ3n) is 7.16. The van der Waals surface area contributed by atoms with Crippen molar-refractivity contribution in [2.45, 2.75) is 37.3 Å². The number of thiocarbonyl (C=S) groups is 1. The lowest BCUT2D eigenvalue weighted by Crippen LogP contribution is -2.80. The van der Waals surface area contributed by atoms with E-state index in [9.17, 15) is 29.4 Å². The molecule has 2 aliphatic rings. The Morgan fingerprint density at radius 3 is 2.64 bits per heavy atom. The molecular weight excluding hydrogens is 651 g/mol. The highest BCUT2D eigenvalue weighted by Crippen LogP contribution is 2.47. The third-order valence-corrected chi connectivity index (χ3v) is 9.56. The summed E-state index contributed by atoms with van der Waals surface area (Å²) >= 11 is 7.27.